The molecule has 2 heterocycles. The molecule has 6 heteroatoms. The average Bonchev–Trinajstić information content (AvgIpc) is 2.96. The molecule has 1 unspecified atom stereocenters. The number of aryl methyl sites for hydroxylation is 2. The zero-order valence-corrected chi connectivity index (χ0v) is 15.7. The van der Waals surface area contributed by atoms with Gasteiger partial charge in [-0.3, -0.25) is 9.78 Å². The van der Waals surface area contributed by atoms with E-state index in [1.807, 2.05) is 52.1 Å². The number of pyridine rings is 1. The van der Waals surface area contributed by atoms with E-state index in [1.165, 1.54) is 11.3 Å². The van der Waals surface area contributed by atoms with Crippen molar-refractivity contribution >= 4 is 32.6 Å². The van der Waals surface area contributed by atoms with Crippen molar-refractivity contribution < 1.29 is 4.79 Å². The summed E-state index contributed by atoms with van der Waals surface area (Å²) in [6, 6.07) is 7.79. The molecule has 1 aromatic carbocycles. The number of rotatable bonds is 4. The second kappa shape index (κ2) is 6.80. The number of carbonyl (C=O) groups is 1. The number of aromatic nitrogens is 2. The van der Waals surface area contributed by atoms with Gasteiger partial charge in [-0.25, -0.2) is 4.98 Å². The van der Waals surface area contributed by atoms with E-state index in [9.17, 15) is 4.79 Å². The zero-order valence-electron chi connectivity index (χ0n) is 14.9. The van der Waals surface area contributed by atoms with Crippen molar-refractivity contribution in [3.05, 3.63) is 52.8 Å². The maximum atomic E-state index is 12.9. The van der Waals surface area contributed by atoms with Crippen molar-refractivity contribution in [2.24, 2.45) is 0 Å². The summed E-state index contributed by atoms with van der Waals surface area (Å²) < 4.78 is 0.947. The van der Waals surface area contributed by atoms with Gasteiger partial charge in [0.25, 0.3) is 5.91 Å². The normalized spacial score (nSPS) is 12.3. The standard InChI is InChI=1S/C19H22N4OS/c1-11-6-5-7-21-15(11)9-13(3)23(4)18(24)14-8-12(2)17-16(10-14)25-19(20)22-17/h5-8,10,13H,9H2,1-4H3,(H2,20,22). The smallest absolute Gasteiger partial charge is 0.253 e. The van der Waals surface area contributed by atoms with Crippen molar-refractivity contribution in [2.75, 3.05) is 12.8 Å². The van der Waals surface area contributed by atoms with Crippen molar-refractivity contribution in [3.8, 4) is 0 Å². The lowest BCUT2D eigenvalue weighted by Crippen LogP contribution is -2.36. The molecule has 2 N–H and O–H groups in total. The Balaban J connectivity index is 1.83. The van der Waals surface area contributed by atoms with Crippen LogP contribution in [0, 0.1) is 13.8 Å². The minimum Gasteiger partial charge on any atom is -0.375 e. The Kier molecular flexibility index (Phi) is 4.72. The number of nitrogen functional groups attached to an aromatic ring is 1. The molecule has 0 bridgehead atoms. The van der Waals surface area contributed by atoms with Crippen molar-refractivity contribution in [1.82, 2.24) is 14.9 Å². The minimum absolute atomic E-state index is 0.00180. The maximum absolute atomic E-state index is 12.9. The first-order chi connectivity index (χ1) is 11.9. The monoisotopic (exact) mass is 354 g/mol. The Morgan fingerprint density at radius 2 is 2.08 bits per heavy atom. The van der Waals surface area contributed by atoms with Crippen LogP contribution in [-0.2, 0) is 6.42 Å². The molecule has 0 aliphatic heterocycles. The first-order valence-corrected chi connectivity index (χ1v) is 9.02. The summed E-state index contributed by atoms with van der Waals surface area (Å²) in [6.45, 7) is 6.05. The second-order valence-corrected chi connectivity index (χ2v) is 7.49. The molecule has 0 aliphatic rings. The van der Waals surface area contributed by atoms with E-state index in [-0.39, 0.29) is 11.9 Å². The lowest BCUT2D eigenvalue weighted by atomic mass is 10.1. The number of amides is 1. The van der Waals surface area contributed by atoms with E-state index in [4.69, 9.17) is 5.73 Å². The molecule has 3 aromatic rings. The molecule has 0 radical (unpaired) electrons. The van der Waals surface area contributed by atoms with Gasteiger partial charge in [-0.05, 0) is 50.1 Å². The highest BCUT2D eigenvalue weighted by Gasteiger charge is 2.20. The molecular weight excluding hydrogens is 332 g/mol. The predicted octanol–water partition coefficient (Wildman–Crippen LogP) is 3.59. The molecule has 2 aromatic heterocycles. The third-order valence-corrected chi connectivity index (χ3v) is 5.37. The highest BCUT2D eigenvalue weighted by molar-refractivity contribution is 7.22. The predicted molar refractivity (Wildman–Crippen MR) is 103 cm³/mol. The SMILES string of the molecule is Cc1cccnc1CC(C)N(C)C(=O)c1cc(C)c2nc(N)sc2c1. The third-order valence-electron chi connectivity index (χ3n) is 4.54. The van der Waals surface area contributed by atoms with Crippen molar-refractivity contribution in [1.29, 1.82) is 0 Å². The van der Waals surface area contributed by atoms with Gasteiger partial charge in [-0.15, -0.1) is 0 Å². The quantitative estimate of drug-likeness (QED) is 0.777. The topological polar surface area (TPSA) is 72.1 Å². The fourth-order valence-electron chi connectivity index (χ4n) is 2.89. The van der Waals surface area contributed by atoms with Crippen LogP contribution in [-0.4, -0.2) is 33.9 Å². The highest BCUT2D eigenvalue weighted by Crippen LogP contribution is 2.28. The first-order valence-electron chi connectivity index (χ1n) is 8.21. The van der Waals surface area contributed by atoms with Gasteiger partial charge >= 0.3 is 0 Å². The van der Waals surface area contributed by atoms with Gasteiger partial charge in [0.1, 0.15) is 0 Å². The molecule has 3 rings (SSSR count). The lowest BCUT2D eigenvalue weighted by molar-refractivity contribution is 0.0743. The summed E-state index contributed by atoms with van der Waals surface area (Å²) in [7, 11) is 1.84. The Bertz CT molecular complexity index is 934. The Morgan fingerprint density at radius 3 is 2.80 bits per heavy atom. The van der Waals surface area contributed by atoms with Crippen LogP contribution in [0.2, 0.25) is 0 Å². The summed E-state index contributed by atoms with van der Waals surface area (Å²) in [4.78, 5) is 23.5. The Hall–Kier alpha value is -2.47. The molecule has 0 spiro atoms. The second-order valence-electron chi connectivity index (χ2n) is 6.43. The van der Waals surface area contributed by atoms with E-state index in [1.54, 1.807) is 11.1 Å². The third kappa shape index (κ3) is 3.49. The highest BCUT2D eigenvalue weighted by atomic mass is 32.1. The van der Waals surface area contributed by atoms with E-state index >= 15 is 0 Å². The van der Waals surface area contributed by atoms with Crippen LogP contribution in [0.25, 0.3) is 10.2 Å². The lowest BCUT2D eigenvalue weighted by Gasteiger charge is -2.25. The molecule has 0 saturated carbocycles. The number of likely N-dealkylation sites (N-methyl/N-ethyl adjacent to an activating group) is 1. The molecule has 130 valence electrons. The minimum atomic E-state index is -0.00180. The number of anilines is 1. The summed E-state index contributed by atoms with van der Waals surface area (Å²) in [5.41, 5.74) is 10.5. The van der Waals surface area contributed by atoms with Gasteiger partial charge < -0.3 is 10.6 Å². The van der Waals surface area contributed by atoms with Gasteiger partial charge in [-0.2, -0.15) is 0 Å². The van der Waals surface area contributed by atoms with E-state index in [0.29, 0.717) is 10.7 Å². The Labute approximate surface area is 151 Å². The summed E-state index contributed by atoms with van der Waals surface area (Å²) >= 11 is 1.41. The molecule has 0 fully saturated rings. The van der Waals surface area contributed by atoms with Gasteiger partial charge in [-0.1, -0.05) is 17.4 Å². The zero-order chi connectivity index (χ0) is 18.1. The largest absolute Gasteiger partial charge is 0.375 e. The number of carbonyl (C=O) groups excluding carboxylic acids is 1. The van der Waals surface area contributed by atoms with E-state index < -0.39 is 0 Å². The first kappa shape index (κ1) is 17.4. The van der Waals surface area contributed by atoms with Crippen molar-refractivity contribution in [3.63, 3.8) is 0 Å². The number of thiazole rings is 1. The van der Waals surface area contributed by atoms with Crippen LogP contribution in [0.4, 0.5) is 5.13 Å². The number of benzene rings is 1. The van der Waals surface area contributed by atoms with Crippen LogP contribution < -0.4 is 5.73 Å². The fourth-order valence-corrected chi connectivity index (χ4v) is 3.74. The van der Waals surface area contributed by atoms with Crippen LogP contribution in [0.15, 0.2) is 30.5 Å². The van der Waals surface area contributed by atoms with Crippen LogP contribution in [0.5, 0.6) is 0 Å². The van der Waals surface area contributed by atoms with Crippen LogP contribution >= 0.6 is 11.3 Å². The molecule has 5 nitrogen and oxygen atoms in total. The number of hydrogen-bond donors (Lipinski definition) is 1. The fraction of sp³-hybridized carbons (Fsp3) is 0.316. The Morgan fingerprint density at radius 1 is 1.32 bits per heavy atom. The van der Waals surface area contributed by atoms with Gasteiger partial charge in [0.15, 0.2) is 5.13 Å². The van der Waals surface area contributed by atoms with Crippen LogP contribution in [0.3, 0.4) is 0 Å². The number of hydrogen-bond acceptors (Lipinski definition) is 5. The van der Waals surface area contributed by atoms with Gasteiger partial charge in [0.2, 0.25) is 0 Å². The summed E-state index contributed by atoms with van der Waals surface area (Å²) in [6.07, 6.45) is 2.52. The number of fused-ring (bicyclic) bond motifs is 1. The van der Waals surface area contributed by atoms with E-state index in [0.717, 1.165) is 33.5 Å². The van der Waals surface area contributed by atoms with Crippen molar-refractivity contribution in [2.45, 2.75) is 33.2 Å². The molecule has 0 aliphatic carbocycles. The van der Waals surface area contributed by atoms with E-state index in [2.05, 4.69) is 9.97 Å². The number of nitrogens with two attached hydrogens (primary N) is 1. The molecule has 1 amide bonds. The number of nitrogens with zero attached hydrogens (tertiary/aromatic N) is 3. The maximum Gasteiger partial charge on any atom is 0.253 e. The molecule has 25 heavy (non-hydrogen) atoms. The van der Waals surface area contributed by atoms with Crippen LogP contribution in [0.1, 0.15) is 34.1 Å². The average molecular weight is 354 g/mol. The summed E-state index contributed by atoms with van der Waals surface area (Å²) in [5, 5.41) is 0.523. The van der Waals surface area contributed by atoms with Gasteiger partial charge in [0, 0.05) is 37.0 Å². The molecule has 0 saturated heterocycles. The molecular formula is C19H22N4OS. The molecule has 1 atom stereocenters. The summed E-state index contributed by atoms with van der Waals surface area (Å²) in [5.74, 6) is -0.00180. The van der Waals surface area contributed by atoms with Gasteiger partial charge in [0.05, 0.1) is 10.2 Å².